The van der Waals surface area contributed by atoms with E-state index in [1.807, 2.05) is 0 Å². The number of hydrogen-bond acceptors (Lipinski definition) is 9. The predicted octanol–water partition coefficient (Wildman–Crippen LogP) is -2.02. The van der Waals surface area contributed by atoms with Crippen molar-refractivity contribution in [3.8, 4) is 0 Å². The molecule has 0 aromatic heterocycles. The minimum Gasteiger partial charge on any atom is -0.449 e. The number of carbonyl (C=O) groups is 3. The molecule has 26 heavy (non-hydrogen) atoms. The molecule has 3 aliphatic heterocycles. The van der Waals surface area contributed by atoms with Crippen molar-refractivity contribution in [1.82, 2.24) is 10.2 Å². The van der Waals surface area contributed by atoms with E-state index >= 15 is 0 Å². The van der Waals surface area contributed by atoms with Gasteiger partial charge in [0.15, 0.2) is 5.72 Å². The van der Waals surface area contributed by atoms with Gasteiger partial charge in [0.25, 0.3) is 0 Å². The summed E-state index contributed by atoms with van der Waals surface area (Å²) in [5.74, 6) is -1.50. The number of ether oxygens (including phenoxy) is 3. The number of rotatable bonds is 5. The Kier molecular flexibility index (Phi) is 3.62. The van der Waals surface area contributed by atoms with Gasteiger partial charge in [0.1, 0.15) is 6.61 Å². The quantitative estimate of drug-likeness (QED) is 0.370. The van der Waals surface area contributed by atoms with Gasteiger partial charge in [-0.3, -0.25) is 9.59 Å². The highest BCUT2D eigenvalue weighted by Crippen LogP contribution is 2.55. The maximum absolute atomic E-state index is 13.1. The summed E-state index contributed by atoms with van der Waals surface area (Å²) in [5.41, 5.74) is 10.5. The van der Waals surface area contributed by atoms with Crippen molar-refractivity contribution in [2.45, 2.75) is 17.8 Å². The van der Waals surface area contributed by atoms with Crippen LogP contribution in [-0.2, 0) is 23.8 Å². The van der Waals surface area contributed by atoms with E-state index in [0.717, 1.165) is 0 Å². The third-order valence-electron chi connectivity index (χ3n) is 5.62. The zero-order chi connectivity index (χ0) is 18.8. The molecule has 4 rings (SSSR count). The van der Waals surface area contributed by atoms with Gasteiger partial charge in [-0.1, -0.05) is 0 Å². The Morgan fingerprint density at radius 1 is 1.35 bits per heavy atom. The summed E-state index contributed by atoms with van der Waals surface area (Å²) in [6.07, 6.45) is -0.965. The number of primary amides is 1. The topological polar surface area (TPSA) is 156 Å². The van der Waals surface area contributed by atoms with Gasteiger partial charge < -0.3 is 35.9 Å². The summed E-state index contributed by atoms with van der Waals surface area (Å²) >= 11 is 0. The number of amides is 1. The maximum atomic E-state index is 13.1. The summed E-state index contributed by atoms with van der Waals surface area (Å²) in [5, 5.41) is 3.28. The van der Waals surface area contributed by atoms with Crippen LogP contribution < -0.4 is 16.8 Å². The van der Waals surface area contributed by atoms with Crippen molar-refractivity contribution < 1.29 is 28.6 Å². The van der Waals surface area contributed by atoms with Crippen LogP contribution in [0.3, 0.4) is 0 Å². The van der Waals surface area contributed by atoms with Crippen LogP contribution in [0, 0.1) is 5.92 Å². The molecule has 3 heterocycles. The number of nitrogens with zero attached hydrogens (tertiary/aromatic N) is 1. The Bertz CT molecular complexity index is 790. The molecule has 140 valence electrons. The normalized spacial score (nSPS) is 34.8. The van der Waals surface area contributed by atoms with Crippen LogP contribution in [-0.4, -0.2) is 74.3 Å². The molecule has 0 saturated carbocycles. The molecular formula is C16H20N4O6. The fraction of sp³-hybridized carbons (Fsp3) is 0.562. The van der Waals surface area contributed by atoms with Crippen LogP contribution in [0.15, 0.2) is 22.5 Å². The minimum absolute atomic E-state index is 0.0609. The molecule has 10 heteroatoms. The molecule has 2 saturated heterocycles. The number of hydrogen-bond donors (Lipinski definition) is 3. The monoisotopic (exact) mass is 364 g/mol. The van der Waals surface area contributed by atoms with Crippen molar-refractivity contribution in [2.24, 2.45) is 17.4 Å². The highest BCUT2D eigenvalue weighted by Gasteiger charge is 2.72. The third-order valence-corrected chi connectivity index (χ3v) is 5.62. The van der Waals surface area contributed by atoms with Crippen molar-refractivity contribution >= 4 is 17.7 Å². The lowest BCUT2D eigenvalue weighted by atomic mass is 9.82. The number of fused-ring (bicyclic) bond motifs is 4. The van der Waals surface area contributed by atoms with E-state index in [4.69, 9.17) is 25.7 Å². The predicted molar refractivity (Wildman–Crippen MR) is 86.3 cm³/mol. The molecule has 1 amide bonds. The molecule has 0 aromatic carbocycles. The third kappa shape index (κ3) is 1.94. The van der Waals surface area contributed by atoms with E-state index in [1.54, 1.807) is 4.90 Å². The summed E-state index contributed by atoms with van der Waals surface area (Å²) in [6, 6.07) is 0.0457. The van der Waals surface area contributed by atoms with Crippen LogP contribution in [0.5, 0.6) is 0 Å². The molecule has 4 aliphatic rings. The highest BCUT2D eigenvalue weighted by molar-refractivity contribution is 6.25. The van der Waals surface area contributed by atoms with Crippen LogP contribution in [0.4, 0.5) is 4.79 Å². The molecule has 10 nitrogen and oxygen atoms in total. The summed E-state index contributed by atoms with van der Waals surface area (Å²) < 4.78 is 15.9. The molecule has 5 N–H and O–H groups in total. The lowest BCUT2D eigenvalue weighted by Crippen LogP contribution is -2.55. The second-order valence-electron chi connectivity index (χ2n) is 6.75. The van der Waals surface area contributed by atoms with Gasteiger partial charge in [0, 0.05) is 32.4 Å². The number of ketones is 2. The van der Waals surface area contributed by atoms with Gasteiger partial charge in [-0.15, -0.1) is 0 Å². The zero-order valence-corrected chi connectivity index (χ0v) is 14.4. The van der Waals surface area contributed by atoms with Crippen molar-refractivity contribution in [2.75, 3.05) is 34.0 Å². The number of methoxy groups -OCH3 is 2. The SMILES string of the molecule is COCC1=C(N)C(=O)C2=C(C1=O)N1C[C@@H]3N[C@@H]3[C@]1(OC)[C@@H]2COC(N)=O. The first-order chi connectivity index (χ1) is 12.4. The van der Waals surface area contributed by atoms with Crippen molar-refractivity contribution in [1.29, 1.82) is 0 Å². The van der Waals surface area contributed by atoms with E-state index in [1.165, 1.54) is 14.2 Å². The number of allylic oxidation sites excluding steroid dienone is 2. The fourth-order valence-electron chi connectivity index (χ4n) is 4.53. The lowest BCUT2D eigenvalue weighted by molar-refractivity contribution is -0.137. The van der Waals surface area contributed by atoms with E-state index in [2.05, 4.69) is 5.32 Å². The first-order valence-electron chi connectivity index (χ1n) is 8.20. The Morgan fingerprint density at radius 2 is 2.08 bits per heavy atom. The van der Waals surface area contributed by atoms with Crippen LogP contribution in [0.1, 0.15) is 0 Å². The summed E-state index contributed by atoms with van der Waals surface area (Å²) in [7, 11) is 2.93. The van der Waals surface area contributed by atoms with E-state index in [9.17, 15) is 14.4 Å². The molecule has 0 aromatic rings. The van der Waals surface area contributed by atoms with Crippen molar-refractivity contribution in [3.05, 3.63) is 22.5 Å². The average Bonchev–Trinajstić information content (AvgIpc) is 3.21. The average molecular weight is 364 g/mol. The van der Waals surface area contributed by atoms with Crippen LogP contribution in [0.25, 0.3) is 0 Å². The van der Waals surface area contributed by atoms with Gasteiger partial charge in [0.05, 0.1) is 35.5 Å². The number of piperazine rings is 1. The zero-order valence-electron chi connectivity index (χ0n) is 14.4. The molecule has 2 fully saturated rings. The number of nitrogens with one attached hydrogen (secondary N) is 1. The first-order valence-corrected chi connectivity index (χ1v) is 8.20. The summed E-state index contributed by atoms with van der Waals surface area (Å²) in [4.78, 5) is 39.0. The largest absolute Gasteiger partial charge is 0.449 e. The van der Waals surface area contributed by atoms with E-state index in [0.29, 0.717) is 6.54 Å². The number of nitrogens with two attached hydrogens (primary N) is 2. The van der Waals surface area contributed by atoms with E-state index in [-0.39, 0.29) is 53.6 Å². The Labute approximate surface area is 149 Å². The van der Waals surface area contributed by atoms with Gasteiger partial charge in [-0.05, 0) is 0 Å². The van der Waals surface area contributed by atoms with Crippen molar-refractivity contribution in [3.63, 3.8) is 0 Å². The number of Topliss-reactive ketones (excluding diaryl/α,β-unsaturated/α-hetero) is 2. The van der Waals surface area contributed by atoms with Crippen LogP contribution >= 0.6 is 0 Å². The van der Waals surface area contributed by atoms with Gasteiger partial charge in [-0.25, -0.2) is 4.79 Å². The number of carbonyl (C=O) groups excluding carboxylic acids is 3. The smallest absolute Gasteiger partial charge is 0.404 e. The lowest BCUT2D eigenvalue weighted by Gasteiger charge is -2.39. The first kappa shape index (κ1) is 17.0. The minimum atomic E-state index is -1.00. The van der Waals surface area contributed by atoms with E-state index < -0.39 is 23.5 Å². The second kappa shape index (κ2) is 5.53. The van der Waals surface area contributed by atoms with Gasteiger partial charge >= 0.3 is 6.09 Å². The standard InChI is InChI=1S/C16H20N4O6/c1-24-4-6-10(17)13(22)9-7(5-26-15(18)23)16(25-2)14-8(19-14)3-20(16)11(9)12(6)21/h7-8,14,19H,3-5,17H2,1-2H3,(H2,18,23)/t7-,8+,14+,16-/m1/s1. The van der Waals surface area contributed by atoms with Gasteiger partial charge in [0.2, 0.25) is 11.6 Å². The molecule has 0 bridgehead atoms. The molecular weight excluding hydrogens is 344 g/mol. The Hall–Kier alpha value is -2.43. The summed E-state index contributed by atoms with van der Waals surface area (Å²) in [6.45, 7) is 0.257. The fourth-order valence-corrected chi connectivity index (χ4v) is 4.53. The van der Waals surface area contributed by atoms with Gasteiger partial charge in [-0.2, -0.15) is 0 Å². The molecule has 0 radical (unpaired) electrons. The Morgan fingerprint density at radius 3 is 2.69 bits per heavy atom. The molecule has 1 aliphatic carbocycles. The van der Waals surface area contributed by atoms with Crippen LogP contribution in [0.2, 0.25) is 0 Å². The molecule has 0 unspecified atom stereocenters. The maximum Gasteiger partial charge on any atom is 0.404 e. The molecule has 4 atom stereocenters. The second-order valence-corrected chi connectivity index (χ2v) is 6.75. The Balaban J connectivity index is 1.82. The molecule has 0 spiro atoms. The highest BCUT2D eigenvalue weighted by atomic mass is 16.6.